The Morgan fingerprint density at radius 2 is 1.82 bits per heavy atom. The standard InChI is InChI=1S/C17H20FNO2S/c1-13-12-16(18)10-11-17(13)22(20,21)19-14(2)8-9-15-6-4-3-5-7-15/h3-7,10-12,14,19H,8-9H2,1-2H3. The van der Waals surface area contributed by atoms with E-state index >= 15 is 0 Å². The second-order valence-corrected chi connectivity index (χ2v) is 7.14. The summed E-state index contributed by atoms with van der Waals surface area (Å²) in [6.07, 6.45) is 1.50. The van der Waals surface area contributed by atoms with Crippen LogP contribution in [0.1, 0.15) is 24.5 Å². The van der Waals surface area contributed by atoms with Gasteiger partial charge in [0, 0.05) is 6.04 Å². The molecular weight excluding hydrogens is 301 g/mol. The minimum atomic E-state index is -3.63. The molecule has 0 aromatic heterocycles. The first-order valence-electron chi connectivity index (χ1n) is 7.21. The van der Waals surface area contributed by atoms with Crippen molar-refractivity contribution >= 4 is 10.0 Å². The third kappa shape index (κ3) is 4.39. The van der Waals surface area contributed by atoms with Crippen LogP contribution < -0.4 is 4.72 Å². The monoisotopic (exact) mass is 321 g/mol. The summed E-state index contributed by atoms with van der Waals surface area (Å²) in [6.45, 7) is 3.42. The Labute approximate surface area is 131 Å². The highest BCUT2D eigenvalue weighted by atomic mass is 32.2. The molecule has 118 valence electrons. The second-order valence-electron chi connectivity index (χ2n) is 5.46. The zero-order chi connectivity index (χ0) is 16.2. The summed E-state index contributed by atoms with van der Waals surface area (Å²) in [6, 6.07) is 13.4. The average Bonchev–Trinajstić information content (AvgIpc) is 2.45. The maximum atomic E-state index is 13.1. The fourth-order valence-electron chi connectivity index (χ4n) is 2.33. The predicted octanol–water partition coefficient (Wildman–Crippen LogP) is 3.43. The van der Waals surface area contributed by atoms with Gasteiger partial charge in [0.05, 0.1) is 4.90 Å². The average molecular weight is 321 g/mol. The van der Waals surface area contributed by atoms with E-state index in [1.807, 2.05) is 37.3 Å². The van der Waals surface area contributed by atoms with Crippen LogP contribution in [0.3, 0.4) is 0 Å². The van der Waals surface area contributed by atoms with Crippen molar-refractivity contribution in [2.75, 3.05) is 0 Å². The maximum absolute atomic E-state index is 13.1. The van der Waals surface area contributed by atoms with Crippen LogP contribution in [0.15, 0.2) is 53.4 Å². The third-order valence-electron chi connectivity index (χ3n) is 3.49. The van der Waals surface area contributed by atoms with Gasteiger partial charge < -0.3 is 0 Å². The Balaban J connectivity index is 2.02. The van der Waals surface area contributed by atoms with Gasteiger partial charge >= 0.3 is 0 Å². The van der Waals surface area contributed by atoms with Gasteiger partial charge in [0.1, 0.15) is 5.82 Å². The van der Waals surface area contributed by atoms with Gasteiger partial charge in [-0.2, -0.15) is 0 Å². The molecule has 0 saturated carbocycles. The molecule has 0 bridgehead atoms. The lowest BCUT2D eigenvalue weighted by molar-refractivity contribution is 0.546. The van der Waals surface area contributed by atoms with Crippen LogP contribution in [-0.2, 0) is 16.4 Å². The Morgan fingerprint density at radius 3 is 2.45 bits per heavy atom. The summed E-state index contributed by atoms with van der Waals surface area (Å²) < 4.78 is 40.4. The fraction of sp³-hybridized carbons (Fsp3) is 0.294. The molecule has 1 atom stereocenters. The zero-order valence-corrected chi connectivity index (χ0v) is 13.5. The molecule has 2 aromatic rings. The van der Waals surface area contributed by atoms with Crippen LogP contribution >= 0.6 is 0 Å². The van der Waals surface area contributed by atoms with Crippen LogP contribution in [0, 0.1) is 12.7 Å². The number of hydrogen-bond acceptors (Lipinski definition) is 2. The number of rotatable bonds is 6. The first kappa shape index (κ1) is 16.6. The Morgan fingerprint density at radius 1 is 1.14 bits per heavy atom. The van der Waals surface area contributed by atoms with Gasteiger partial charge in [-0.25, -0.2) is 17.5 Å². The number of aryl methyl sites for hydroxylation is 2. The molecule has 0 radical (unpaired) electrons. The van der Waals surface area contributed by atoms with Gasteiger partial charge in [-0.15, -0.1) is 0 Å². The minimum Gasteiger partial charge on any atom is -0.208 e. The lowest BCUT2D eigenvalue weighted by Crippen LogP contribution is -2.33. The summed E-state index contributed by atoms with van der Waals surface area (Å²) in [5.74, 6) is -0.437. The molecule has 0 aliphatic heterocycles. The highest BCUT2D eigenvalue weighted by Crippen LogP contribution is 2.17. The smallest absolute Gasteiger partial charge is 0.208 e. The van der Waals surface area contributed by atoms with Gasteiger partial charge in [0.25, 0.3) is 0 Å². The summed E-state index contributed by atoms with van der Waals surface area (Å²) in [4.78, 5) is 0.125. The van der Waals surface area contributed by atoms with Crippen LogP contribution in [0.2, 0.25) is 0 Å². The fourth-order valence-corrected chi connectivity index (χ4v) is 3.83. The summed E-state index contributed by atoms with van der Waals surface area (Å²) in [5.41, 5.74) is 1.58. The van der Waals surface area contributed by atoms with E-state index in [0.29, 0.717) is 12.0 Å². The van der Waals surface area contributed by atoms with Crippen molar-refractivity contribution in [3.05, 3.63) is 65.5 Å². The molecule has 0 saturated heterocycles. The molecular formula is C17H20FNO2S. The SMILES string of the molecule is Cc1cc(F)ccc1S(=O)(=O)NC(C)CCc1ccccc1. The summed E-state index contributed by atoms with van der Waals surface area (Å²) in [5, 5.41) is 0. The first-order valence-corrected chi connectivity index (χ1v) is 8.69. The van der Waals surface area contributed by atoms with Gasteiger partial charge in [0.2, 0.25) is 10.0 Å². The molecule has 3 nitrogen and oxygen atoms in total. The van der Waals surface area contributed by atoms with Crippen molar-refractivity contribution in [2.45, 2.75) is 37.6 Å². The van der Waals surface area contributed by atoms with Crippen molar-refractivity contribution in [1.29, 1.82) is 0 Å². The Bertz CT molecular complexity index is 730. The molecule has 0 fully saturated rings. The Hall–Kier alpha value is -1.72. The van der Waals surface area contributed by atoms with E-state index < -0.39 is 15.8 Å². The van der Waals surface area contributed by atoms with Crippen LogP contribution in [0.5, 0.6) is 0 Å². The molecule has 0 aliphatic rings. The molecule has 5 heteroatoms. The van der Waals surface area contributed by atoms with Crippen molar-refractivity contribution in [1.82, 2.24) is 4.72 Å². The lowest BCUT2D eigenvalue weighted by Gasteiger charge is -2.15. The van der Waals surface area contributed by atoms with Gasteiger partial charge in [0.15, 0.2) is 0 Å². The van der Waals surface area contributed by atoms with Crippen molar-refractivity contribution in [3.63, 3.8) is 0 Å². The molecule has 2 rings (SSSR count). The van der Waals surface area contributed by atoms with Crippen LogP contribution in [0.25, 0.3) is 0 Å². The van der Waals surface area contributed by atoms with Crippen LogP contribution in [0.4, 0.5) is 4.39 Å². The number of halogens is 1. The molecule has 0 amide bonds. The maximum Gasteiger partial charge on any atom is 0.241 e. The van der Waals surface area contributed by atoms with Crippen molar-refractivity contribution in [2.24, 2.45) is 0 Å². The normalized spacial score (nSPS) is 13.0. The third-order valence-corrected chi connectivity index (χ3v) is 5.24. The molecule has 22 heavy (non-hydrogen) atoms. The highest BCUT2D eigenvalue weighted by molar-refractivity contribution is 7.89. The molecule has 2 aromatic carbocycles. The van der Waals surface area contributed by atoms with E-state index in [1.54, 1.807) is 6.92 Å². The summed E-state index contributed by atoms with van der Waals surface area (Å²) >= 11 is 0. The minimum absolute atomic E-state index is 0.125. The number of hydrogen-bond donors (Lipinski definition) is 1. The van der Waals surface area contributed by atoms with Crippen LogP contribution in [-0.4, -0.2) is 14.5 Å². The second kappa shape index (κ2) is 7.03. The van der Waals surface area contributed by atoms with Crippen molar-refractivity contribution < 1.29 is 12.8 Å². The van der Waals surface area contributed by atoms with E-state index in [0.717, 1.165) is 12.5 Å². The van der Waals surface area contributed by atoms with Gasteiger partial charge in [-0.1, -0.05) is 30.3 Å². The number of nitrogens with one attached hydrogen (secondary N) is 1. The highest BCUT2D eigenvalue weighted by Gasteiger charge is 2.19. The van der Waals surface area contributed by atoms with Crippen molar-refractivity contribution in [3.8, 4) is 0 Å². The molecule has 1 unspecified atom stereocenters. The molecule has 1 N–H and O–H groups in total. The van der Waals surface area contributed by atoms with E-state index in [9.17, 15) is 12.8 Å². The topological polar surface area (TPSA) is 46.2 Å². The Kier molecular flexibility index (Phi) is 5.32. The molecule has 0 heterocycles. The molecule has 0 spiro atoms. The van der Waals surface area contributed by atoms with E-state index in [-0.39, 0.29) is 10.9 Å². The summed E-state index contributed by atoms with van der Waals surface area (Å²) in [7, 11) is -3.63. The zero-order valence-electron chi connectivity index (χ0n) is 12.7. The predicted molar refractivity (Wildman–Crippen MR) is 85.7 cm³/mol. The first-order chi connectivity index (χ1) is 10.4. The van der Waals surface area contributed by atoms with E-state index in [1.165, 1.54) is 17.7 Å². The quantitative estimate of drug-likeness (QED) is 0.886. The largest absolute Gasteiger partial charge is 0.241 e. The van der Waals surface area contributed by atoms with Gasteiger partial charge in [-0.05, 0) is 56.0 Å². The van der Waals surface area contributed by atoms with E-state index in [2.05, 4.69) is 4.72 Å². The number of benzene rings is 2. The molecule has 0 aliphatic carbocycles. The van der Waals surface area contributed by atoms with E-state index in [4.69, 9.17) is 0 Å². The lowest BCUT2D eigenvalue weighted by atomic mass is 10.1. The van der Waals surface area contributed by atoms with Gasteiger partial charge in [-0.3, -0.25) is 0 Å². The number of sulfonamides is 1.